The molecular weight excluding hydrogens is 657 g/mol. The highest BCUT2D eigenvalue weighted by Gasteiger charge is 2.18. The van der Waals surface area contributed by atoms with Crippen LogP contribution in [-0.4, -0.2) is 19.1 Å². The second-order valence-electron chi connectivity index (χ2n) is 13.9. The Labute approximate surface area is 311 Å². The minimum absolute atomic E-state index is 0.707. The highest BCUT2D eigenvalue weighted by atomic mass is 15.0. The van der Waals surface area contributed by atoms with Crippen molar-refractivity contribution in [3.8, 4) is 45.1 Å². The Morgan fingerprint density at radius 2 is 1.06 bits per heavy atom. The SMILES string of the molecule is c1ccc(-n2ccc3ccc4c(c5ccccc5n4-c4ccc(-c5nc(-c6ccc(-c7ccc8ccccc8c7)cc6)c6ccccc6n5)cc4)c32)cc1. The second kappa shape index (κ2) is 12.1. The van der Waals surface area contributed by atoms with Gasteiger partial charge in [-0.05, 0) is 88.6 Å². The molecule has 0 atom stereocenters. The van der Waals surface area contributed by atoms with E-state index >= 15 is 0 Å². The second-order valence-corrected chi connectivity index (χ2v) is 13.9. The van der Waals surface area contributed by atoms with Gasteiger partial charge in [0.25, 0.3) is 0 Å². The first-order valence-electron chi connectivity index (χ1n) is 18.3. The third-order valence-corrected chi connectivity index (χ3v) is 10.7. The van der Waals surface area contributed by atoms with E-state index in [1.807, 2.05) is 6.07 Å². The van der Waals surface area contributed by atoms with Crippen molar-refractivity contribution in [2.75, 3.05) is 0 Å². The van der Waals surface area contributed by atoms with Gasteiger partial charge in [0.15, 0.2) is 5.82 Å². The van der Waals surface area contributed by atoms with Crippen molar-refractivity contribution in [1.29, 1.82) is 0 Å². The summed E-state index contributed by atoms with van der Waals surface area (Å²) in [5.74, 6) is 0.707. The molecule has 252 valence electrons. The Morgan fingerprint density at radius 1 is 0.389 bits per heavy atom. The van der Waals surface area contributed by atoms with Crippen molar-refractivity contribution in [2.24, 2.45) is 0 Å². The van der Waals surface area contributed by atoms with E-state index in [9.17, 15) is 0 Å². The highest BCUT2D eigenvalue weighted by molar-refractivity contribution is 6.20. The summed E-state index contributed by atoms with van der Waals surface area (Å²) in [4.78, 5) is 10.3. The standard InChI is InChI=1S/C50H32N4/c1-2-12-40(13-3-1)53-31-30-36-26-29-46-47(49(36)53)43-15-7-9-17-45(43)54(46)41-27-24-37(25-28-41)50-51-44-16-8-6-14-42(44)48(52-50)35-21-18-34(19-22-35)39-23-20-33-10-4-5-11-38(33)32-39/h1-32H. The average Bonchev–Trinajstić information content (AvgIpc) is 3.83. The van der Waals surface area contributed by atoms with E-state index in [1.54, 1.807) is 0 Å². The van der Waals surface area contributed by atoms with Gasteiger partial charge in [-0.2, -0.15) is 0 Å². The molecule has 0 N–H and O–H groups in total. The van der Waals surface area contributed by atoms with Gasteiger partial charge >= 0.3 is 0 Å². The summed E-state index contributed by atoms with van der Waals surface area (Å²) in [7, 11) is 0. The van der Waals surface area contributed by atoms with Crippen LogP contribution in [0.2, 0.25) is 0 Å². The summed E-state index contributed by atoms with van der Waals surface area (Å²) < 4.78 is 4.68. The van der Waals surface area contributed by atoms with Crippen molar-refractivity contribution in [1.82, 2.24) is 19.1 Å². The summed E-state index contributed by atoms with van der Waals surface area (Å²) in [5, 5.41) is 7.22. The van der Waals surface area contributed by atoms with Crippen LogP contribution in [0.4, 0.5) is 0 Å². The third-order valence-electron chi connectivity index (χ3n) is 10.7. The van der Waals surface area contributed by atoms with Gasteiger partial charge < -0.3 is 9.13 Å². The molecule has 0 unspecified atom stereocenters. The van der Waals surface area contributed by atoms with E-state index in [0.717, 1.165) is 39.1 Å². The van der Waals surface area contributed by atoms with Crippen molar-refractivity contribution in [3.05, 3.63) is 194 Å². The van der Waals surface area contributed by atoms with Crippen LogP contribution >= 0.6 is 0 Å². The smallest absolute Gasteiger partial charge is 0.160 e. The van der Waals surface area contributed by atoms with Crippen LogP contribution in [0, 0.1) is 0 Å². The van der Waals surface area contributed by atoms with E-state index in [1.165, 1.54) is 54.6 Å². The number of hydrogen-bond donors (Lipinski definition) is 0. The summed E-state index contributed by atoms with van der Waals surface area (Å²) in [6, 6.07) is 66.9. The van der Waals surface area contributed by atoms with Gasteiger partial charge in [0.2, 0.25) is 0 Å². The van der Waals surface area contributed by atoms with Crippen LogP contribution < -0.4 is 0 Å². The molecule has 0 aliphatic heterocycles. The zero-order chi connectivity index (χ0) is 35.6. The first-order valence-corrected chi connectivity index (χ1v) is 18.3. The van der Waals surface area contributed by atoms with Crippen LogP contribution in [0.3, 0.4) is 0 Å². The maximum Gasteiger partial charge on any atom is 0.160 e. The van der Waals surface area contributed by atoms with Crippen LogP contribution in [0.25, 0.3) is 99.5 Å². The molecule has 54 heavy (non-hydrogen) atoms. The lowest BCUT2D eigenvalue weighted by molar-refractivity contribution is 1.13. The fourth-order valence-corrected chi connectivity index (χ4v) is 8.14. The lowest BCUT2D eigenvalue weighted by Crippen LogP contribution is -1.97. The number of hydrogen-bond acceptors (Lipinski definition) is 2. The van der Waals surface area contributed by atoms with E-state index < -0.39 is 0 Å². The summed E-state index contributed by atoms with van der Waals surface area (Å²) in [5.41, 5.74) is 12.1. The average molecular weight is 689 g/mol. The topological polar surface area (TPSA) is 35.6 Å². The van der Waals surface area contributed by atoms with Gasteiger partial charge in [-0.3, -0.25) is 0 Å². The summed E-state index contributed by atoms with van der Waals surface area (Å²) >= 11 is 0. The van der Waals surface area contributed by atoms with Gasteiger partial charge in [0, 0.05) is 50.2 Å². The van der Waals surface area contributed by atoms with Crippen molar-refractivity contribution in [2.45, 2.75) is 0 Å². The number of rotatable bonds is 5. The quantitative estimate of drug-likeness (QED) is 0.180. The molecule has 0 aliphatic rings. The van der Waals surface area contributed by atoms with Gasteiger partial charge in [0.05, 0.1) is 27.8 Å². The van der Waals surface area contributed by atoms with Crippen molar-refractivity contribution >= 4 is 54.4 Å². The normalized spacial score (nSPS) is 11.7. The monoisotopic (exact) mass is 688 g/mol. The number of nitrogens with zero attached hydrogens (tertiary/aromatic N) is 4. The third kappa shape index (κ3) is 4.85. The van der Waals surface area contributed by atoms with Crippen LogP contribution in [0.15, 0.2) is 194 Å². The lowest BCUT2D eigenvalue weighted by atomic mass is 9.98. The molecular formula is C50H32N4. The van der Waals surface area contributed by atoms with Gasteiger partial charge in [-0.25, -0.2) is 9.97 Å². The highest BCUT2D eigenvalue weighted by Crippen LogP contribution is 2.39. The van der Waals surface area contributed by atoms with E-state index in [0.29, 0.717) is 5.82 Å². The molecule has 0 radical (unpaired) electrons. The molecule has 0 aliphatic carbocycles. The Balaban J connectivity index is 1.00. The molecule has 3 heterocycles. The number of aromatic nitrogens is 4. The first kappa shape index (κ1) is 30.3. The minimum Gasteiger partial charge on any atom is -0.316 e. The Hall–Kier alpha value is -7.30. The van der Waals surface area contributed by atoms with E-state index in [2.05, 4.69) is 197 Å². The van der Waals surface area contributed by atoms with E-state index in [-0.39, 0.29) is 0 Å². The predicted octanol–water partition coefficient (Wildman–Crippen LogP) is 12.8. The van der Waals surface area contributed by atoms with Gasteiger partial charge in [-0.1, -0.05) is 121 Å². The first-order chi connectivity index (χ1) is 26.8. The largest absolute Gasteiger partial charge is 0.316 e. The lowest BCUT2D eigenvalue weighted by Gasteiger charge is -2.12. The fraction of sp³-hybridized carbons (Fsp3) is 0. The van der Waals surface area contributed by atoms with Crippen LogP contribution in [0.5, 0.6) is 0 Å². The predicted molar refractivity (Wildman–Crippen MR) is 225 cm³/mol. The van der Waals surface area contributed by atoms with Crippen molar-refractivity contribution < 1.29 is 0 Å². The minimum atomic E-state index is 0.707. The van der Waals surface area contributed by atoms with E-state index in [4.69, 9.17) is 9.97 Å². The number of para-hydroxylation sites is 3. The molecule has 0 spiro atoms. The molecule has 4 heteroatoms. The Morgan fingerprint density at radius 3 is 1.91 bits per heavy atom. The van der Waals surface area contributed by atoms with Gasteiger partial charge in [0.1, 0.15) is 0 Å². The molecule has 3 aromatic heterocycles. The zero-order valence-electron chi connectivity index (χ0n) is 29.3. The number of fused-ring (bicyclic) bond motifs is 7. The van der Waals surface area contributed by atoms with Crippen molar-refractivity contribution in [3.63, 3.8) is 0 Å². The maximum absolute atomic E-state index is 5.22. The molecule has 0 bridgehead atoms. The fourth-order valence-electron chi connectivity index (χ4n) is 8.14. The zero-order valence-corrected chi connectivity index (χ0v) is 29.3. The summed E-state index contributed by atoms with van der Waals surface area (Å²) in [6.45, 7) is 0. The maximum atomic E-state index is 5.22. The molecule has 0 saturated heterocycles. The molecule has 11 rings (SSSR count). The molecule has 0 amide bonds. The molecule has 4 nitrogen and oxygen atoms in total. The molecule has 0 fully saturated rings. The Kier molecular flexibility index (Phi) is 6.82. The summed E-state index contributed by atoms with van der Waals surface area (Å²) in [6.07, 6.45) is 2.18. The van der Waals surface area contributed by atoms with Crippen LogP contribution in [-0.2, 0) is 0 Å². The van der Waals surface area contributed by atoms with Gasteiger partial charge in [-0.15, -0.1) is 0 Å². The Bertz CT molecular complexity index is 3190. The molecule has 11 aromatic rings. The number of benzene rings is 8. The molecule has 0 saturated carbocycles. The molecule has 8 aromatic carbocycles. The van der Waals surface area contributed by atoms with Crippen LogP contribution in [0.1, 0.15) is 0 Å².